The lowest BCUT2D eigenvalue weighted by Gasteiger charge is -2.19. The number of aliphatic hydroxyl groups excluding tert-OH is 1. The van der Waals surface area contributed by atoms with Crippen LogP contribution < -0.4 is 10.1 Å². The zero-order chi connectivity index (χ0) is 15.1. The van der Waals surface area contributed by atoms with Crippen molar-refractivity contribution in [1.82, 2.24) is 10.2 Å². The number of benzene rings is 1. The van der Waals surface area contributed by atoms with Crippen molar-refractivity contribution >= 4 is 22.0 Å². The van der Waals surface area contributed by atoms with Gasteiger partial charge in [-0.25, -0.2) is 4.79 Å². The summed E-state index contributed by atoms with van der Waals surface area (Å²) in [7, 11) is 3.28. The van der Waals surface area contributed by atoms with Gasteiger partial charge >= 0.3 is 6.03 Å². The molecule has 1 aromatic carbocycles. The van der Waals surface area contributed by atoms with Gasteiger partial charge in [0.05, 0.1) is 17.7 Å². The van der Waals surface area contributed by atoms with Crippen molar-refractivity contribution in [3.8, 4) is 5.75 Å². The van der Waals surface area contributed by atoms with Crippen molar-refractivity contribution in [2.45, 2.75) is 19.4 Å². The Bertz CT molecular complexity index is 452. The predicted octanol–water partition coefficient (Wildman–Crippen LogP) is 2.02. The van der Waals surface area contributed by atoms with Gasteiger partial charge in [0.2, 0.25) is 0 Å². The van der Waals surface area contributed by atoms with Gasteiger partial charge in [-0.15, -0.1) is 0 Å². The lowest BCUT2D eigenvalue weighted by molar-refractivity contribution is 0.144. The normalized spacial score (nSPS) is 11.8. The van der Waals surface area contributed by atoms with E-state index in [0.29, 0.717) is 19.5 Å². The first-order valence-corrected chi connectivity index (χ1v) is 7.23. The van der Waals surface area contributed by atoms with Gasteiger partial charge in [-0.05, 0) is 40.9 Å². The summed E-state index contributed by atoms with van der Waals surface area (Å²) in [6.07, 6.45) is 0.146. The van der Waals surface area contributed by atoms with E-state index < -0.39 is 6.10 Å². The Balaban J connectivity index is 2.49. The summed E-state index contributed by atoms with van der Waals surface area (Å²) >= 11 is 3.43. The van der Waals surface area contributed by atoms with E-state index in [2.05, 4.69) is 21.2 Å². The fraction of sp³-hybridized carbons (Fsp3) is 0.500. The molecule has 1 atom stereocenters. The molecule has 0 bridgehead atoms. The summed E-state index contributed by atoms with van der Waals surface area (Å²) < 4.78 is 6.23. The lowest BCUT2D eigenvalue weighted by Crippen LogP contribution is -2.41. The highest BCUT2D eigenvalue weighted by atomic mass is 79.9. The van der Waals surface area contributed by atoms with Crippen LogP contribution in [0.25, 0.3) is 0 Å². The molecule has 0 heterocycles. The third kappa shape index (κ3) is 5.02. The Morgan fingerprint density at radius 3 is 2.85 bits per heavy atom. The predicted molar refractivity (Wildman–Crippen MR) is 82.1 cm³/mol. The molecule has 0 spiro atoms. The van der Waals surface area contributed by atoms with Crippen LogP contribution >= 0.6 is 15.9 Å². The number of nitrogens with one attached hydrogen (secondary N) is 1. The van der Waals surface area contributed by atoms with Crippen LogP contribution in [0.3, 0.4) is 0 Å². The number of urea groups is 1. The Kier molecular flexibility index (Phi) is 6.81. The number of carbonyl (C=O) groups excluding carboxylic acids is 1. The molecule has 0 aliphatic heterocycles. The quantitative estimate of drug-likeness (QED) is 0.829. The minimum absolute atomic E-state index is 0.195. The first-order chi connectivity index (χ1) is 9.45. The number of rotatable bonds is 6. The SMILES string of the molecule is COc1c(Br)cccc1CCNC(=O)N(C)CC(C)O. The number of aliphatic hydroxyl groups is 1. The van der Waals surface area contributed by atoms with Crippen LogP contribution in [0.1, 0.15) is 12.5 Å². The number of likely N-dealkylation sites (N-methyl/N-ethyl adjacent to an activating group) is 1. The van der Waals surface area contributed by atoms with Crippen molar-refractivity contribution in [2.75, 3.05) is 27.2 Å². The number of ether oxygens (including phenoxy) is 1. The second-order valence-corrected chi connectivity index (χ2v) is 5.50. The molecule has 1 rings (SSSR count). The van der Waals surface area contributed by atoms with Crippen LogP contribution in [0, 0.1) is 0 Å². The monoisotopic (exact) mass is 344 g/mol. The Morgan fingerprint density at radius 2 is 2.25 bits per heavy atom. The smallest absolute Gasteiger partial charge is 0.317 e. The molecule has 0 saturated heterocycles. The van der Waals surface area contributed by atoms with Crippen molar-refractivity contribution in [3.63, 3.8) is 0 Å². The van der Waals surface area contributed by atoms with Crippen molar-refractivity contribution in [3.05, 3.63) is 28.2 Å². The molecule has 0 aliphatic carbocycles. The van der Waals surface area contributed by atoms with E-state index in [0.717, 1.165) is 15.8 Å². The first-order valence-electron chi connectivity index (χ1n) is 6.44. The van der Waals surface area contributed by atoms with Crippen LogP contribution in [-0.4, -0.2) is 49.4 Å². The third-order valence-electron chi connectivity index (χ3n) is 2.81. The molecule has 20 heavy (non-hydrogen) atoms. The summed E-state index contributed by atoms with van der Waals surface area (Å²) in [4.78, 5) is 13.2. The van der Waals surface area contributed by atoms with Gasteiger partial charge in [0.25, 0.3) is 0 Å². The fourth-order valence-electron chi connectivity index (χ4n) is 1.90. The maximum atomic E-state index is 11.8. The number of para-hydroxylation sites is 1. The van der Waals surface area contributed by atoms with E-state index in [-0.39, 0.29) is 6.03 Å². The minimum atomic E-state index is -0.532. The molecular weight excluding hydrogens is 324 g/mol. The number of halogens is 1. The Hall–Kier alpha value is -1.27. The number of carbonyl (C=O) groups is 1. The van der Waals surface area contributed by atoms with Crippen LogP contribution in [0.5, 0.6) is 5.75 Å². The molecule has 112 valence electrons. The van der Waals surface area contributed by atoms with E-state index in [1.165, 1.54) is 4.90 Å². The Labute approximate surface area is 128 Å². The highest BCUT2D eigenvalue weighted by Crippen LogP contribution is 2.28. The number of nitrogens with zero attached hydrogens (tertiary/aromatic N) is 1. The molecule has 0 radical (unpaired) electrons. The van der Waals surface area contributed by atoms with Crippen LogP contribution in [0.15, 0.2) is 22.7 Å². The molecule has 0 fully saturated rings. The van der Waals surface area contributed by atoms with Crippen LogP contribution in [0.2, 0.25) is 0 Å². The van der Waals surface area contributed by atoms with Crippen molar-refractivity contribution in [1.29, 1.82) is 0 Å². The largest absolute Gasteiger partial charge is 0.495 e. The van der Waals surface area contributed by atoms with E-state index in [1.807, 2.05) is 18.2 Å². The second-order valence-electron chi connectivity index (χ2n) is 4.64. The van der Waals surface area contributed by atoms with Crippen LogP contribution in [-0.2, 0) is 6.42 Å². The first kappa shape index (κ1) is 16.8. The minimum Gasteiger partial charge on any atom is -0.495 e. The standard InChI is InChI=1S/C14H21BrN2O3/c1-10(18)9-17(2)14(19)16-8-7-11-5-4-6-12(15)13(11)20-3/h4-6,10,18H,7-9H2,1-3H3,(H,16,19). The van der Waals surface area contributed by atoms with Gasteiger partial charge in [-0.3, -0.25) is 0 Å². The molecule has 5 nitrogen and oxygen atoms in total. The van der Waals surface area contributed by atoms with Gasteiger partial charge in [0.1, 0.15) is 5.75 Å². The number of methoxy groups -OCH3 is 1. The summed E-state index contributed by atoms with van der Waals surface area (Å²) in [5.41, 5.74) is 1.03. The zero-order valence-corrected chi connectivity index (χ0v) is 13.6. The molecule has 0 aliphatic rings. The molecule has 2 N–H and O–H groups in total. The Morgan fingerprint density at radius 1 is 1.55 bits per heavy atom. The molecule has 0 aromatic heterocycles. The lowest BCUT2D eigenvalue weighted by atomic mass is 10.1. The third-order valence-corrected chi connectivity index (χ3v) is 3.43. The van der Waals surface area contributed by atoms with E-state index >= 15 is 0 Å². The van der Waals surface area contributed by atoms with Crippen LogP contribution in [0.4, 0.5) is 4.79 Å². The molecular formula is C14H21BrN2O3. The average Bonchev–Trinajstić information content (AvgIpc) is 2.38. The molecule has 1 unspecified atom stereocenters. The summed E-state index contributed by atoms with van der Waals surface area (Å²) in [5.74, 6) is 0.791. The highest BCUT2D eigenvalue weighted by molar-refractivity contribution is 9.10. The summed E-state index contributed by atoms with van der Waals surface area (Å²) in [5, 5.41) is 12.0. The number of hydrogen-bond acceptors (Lipinski definition) is 3. The summed E-state index contributed by atoms with van der Waals surface area (Å²) in [6.45, 7) is 2.47. The van der Waals surface area contributed by atoms with Crippen molar-refractivity contribution < 1.29 is 14.6 Å². The van der Waals surface area contributed by atoms with Crippen molar-refractivity contribution in [2.24, 2.45) is 0 Å². The average molecular weight is 345 g/mol. The molecule has 1 aromatic rings. The summed E-state index contributed by atoms with van der Waals surface area (Å²) in [6, 6.07) is 5.62. The highest BCUT2D eigenvalue weighted by Gasteiger charge is 2.11. The number of amides is 2. The van der Waals surface area contributed by atoms with Gasteiger partial charge in [0, 0.05) is 20.1 Å². The van der Waals surface area contributed by atoms with Gasteiger partial charge in [-0.1, -0.05) is 12.1 Å². The molecule has 2 amide bonds. The van der Waals surface area contributed by atoms with E-state index in [9.17, 15) is 9.90 Å². The second kappa shape index (κ2) is 8.11. The topological polar surface area (TPSA) is 61.8 Å². The van der Waals surface area contributed by atoms with Gasteiger partial charge in [-0.2, -0.15) is 0 Å². The number of hydrogen-bond donors (Lipinski definition) is 2. The van der Waals surface area contributed by atoms with E-state index in [1.54, 1.807) is 21.1 Å². The molecule has 0 saturated carbocycles. The fourth-order valence-corrected chi connectivity index (χ4v) is 2.47. The van der Waals surface area contributed by atoms with Gasteiger partial charge in [0.15, 0.2) is 0 Å². The van der Waals surface area contributed by atoms with Gasteiger partial charge < -0.3 is 20.1 Å². The molecule has 6 heteroatoms. The maximum absolute atomic E-state index is 11.8. The van der Waals surface area contributed by atoms with E-state index in [4.69, 9.17) is 4.74 Å². The zero-order valence-electron chi connectivity index (χ0n) is 12.0. The maximum Gasteiger partial charge on any atom is 0.317 e.